The van der Waals surface area contributed by atoms with Crippen LogP contribution >= 0.6 is 22.9 Å². The summed E-state index contributed by atoms with van der Waals surface area (Å²) in [5, 5.41) is 9.51. The lowest BCUT2D eigenvalue weighted by Crippen LogP contribution is -2.40. The van der Waals surface area contributed by atoms with Crippen molar-refractivity contribution in [2.75, 3.05) is 11.4 Å². The number of carbonyl (C=O) groups excluding carboxylic acids is 1. The lowest BCUT2D eigenvalue weighted by atomic mass is 10.1. The third-order valence-electron chi connectivity index (χ3n) is 2.86. The van der Waals surface area contributed by atoms with Gasteiger partial charge in [-0.2, -0.15) is 5.26 Å². The van der Waals surface area contributed by atoms with Crippen LogP contribution in [0.5, 0.6) is 0 Å². The Morgan fingerprint density at radius 3 is 2.85 bits per heavy atom. The molecule has 2 rings (SSSR count). The second-order valence-electron chi connectivity index (χ2n) is 5.62. The number of nitriles is 1. The van der Waals surface area contributed by atoms with Crippen molar-refractivity contribution in [3.05, 3.63) is 10.0 Å². The van der Waals surface area contributed by atoms with Crippen molar-refractivity contribution >= 4 is 34.0 Å². The Balaban J connectivity index is 2.19. The summed E-state index contributed by atoms with van der Waals surface area (Å²) >= 11 is 7.17. The molecule has 1 aliphatic heterocycles. The van der Waals surface area contributed by atoms with Crippen LogP contribution in [-0.4, -0.2) is 29.1 Å². The summed E-state index contributed by atoms with van der Waals surface area (Å²) in [6, 6.07) is 1.60. The third kappa shape index (κ3) is 3.22. The number of halogens is 1. The van der Waals surface area contributed by atoms with Gasteiger partial charge in [-0.05, 0) is 33.6 Å². The largest absolute Gasteiger partial charge is 0.458 e. The minimum absolute atomic E-state index is 0.210. The van der Waals surface area contributed by atoms with E-state index in [-0.39, 0.29) is 17.7 Å². The first kappa shape index (κ1) is 15.1. The molecule has 0 amide bonds. The number of aromatic nitrogens is 1. The smallest absolute Gasteiger partial charge is 0.329 e. The molecule has 108 valence electrons. The number of carbonyl (C=O) groups is 1. The summed E-state index contributed by atoms with van der Waals surface area (Å²) in [7, 11) is 0. The first-order chi connectivity index (χ1) is 9.31. The molecule has 1 aliphatic rings. The molecule has 1 saturated heterocycles. The molecule has 2 heterocycles. The zero-order valence-corrected chi connectivity index (χ0v) is 13.2. The molecule has 1 aromatic heterocycles. The standard InChI is InChI=1S/C13H16ClN3O2S/c1-13(2,3)19-11(18)9-5-4-6-17(9)12-16-8(7-15)10(14)20-12/h9H,4-6H2,1-3H3/t9-/m1/s1. The van der Waals surface area contributed by atoms with E-state index in [0.29, 0.717) is 9.47 Å². The third-order valence-corrected chi connectivity index (χ3v) is 4.15. The lowest BCUT2D eigenvalue weighted by molar-refractivity contribution is -0.156. The summed E-state index contributed by atoms with van der Waals surface area (Å²) in [5.41, 5.74) is -0.301. The van der Waals surface area contributed by atoms with E-state index in [1.807, 2.05) is 31.7 Å². The van der Waals surface area contributed by atoms with Gasteiger partial charge in [0.15, 0.2) is 10.8 Å². The summed E-state index contributed by atoms with van der Waals surface area (Å²) in [4.78, 5) is 18.3. The Morgan fingerprint density at radius 2 is 2.30 bits per heavy atom. The predicted octanol–water partition coefficient (Wildman–Crippen LogP) is 2.98. The van der Waals surface area contributed by atoms with Crippen molar-refractivity contribution < 1.29 is 9.53 Å². The van der Waals surface area contributed by atoms with E-state index in [4.69, 9.17) is 21.6 Å². The van der Waals surface area contributed by atoms with Gasteiger partial charge in [-0.1, -0.05) is 22.9 Å². The molecule has 0 aliphatic carbocycles. The average molecular weight is 314 g/mol. The molecule has 5 nitrogen and oxygen atoms in total. The van der Waals surface area contributed by atoms with Gasteiger partial charge in [0.1, 0.15) is 22.0 Å². The average Bonchev–Trinajstić information content (AvgIpc) is 2.92. The minimum Gasteiger partial charge on any atom is -0.458 e. The Bertz CT molecular complexity index is 559. The zero-order chi connectivity index (χ0) is 14.9. The highest BCUT2D eigenvalue weighted by Gasteiger charge is 2.36. The van der Waals surface area contributed by atoms with Crippen LogP contribution in [0.2, 0.25) is 4.34 Å². The van der Waals surface area contributed by atoms with Gasteiger partial charge in [0, 0.05) is 6.54 Å². The number of hydrogen-bond donors (Lipinski definition) is 0. The fourth-order valence-electron chi connectivity index (χ4n) is 2.09. The Hall–Kier alpha value is -1.32. The van der Waals surface area contributed by atoms with Crippen molar-refractivity contribution in [2.45, 2.75) is 45.3 Å². The zero-order valence-electron chi connectivity index (χ0n) is 11.6. The topological polar surface area (TPSA) is 66.2 Å². The van der Waals surface area contributed by atoms with E-state index in [9.17, 15) is 4.79 Å². The van der Waals surface area contributed by atoms with Gasteiger partial charge in [0.05, 0.1) is 0 Å². The van der Waals surface area contributed by atoms with Crippen LogP contribution in [0.15, 0.2) is 0 Å². The number of nitrogens with zero attached hydrogens (tertiary/aromatic N) is 3. The van der Waals surface area contributed by atoms with E-state index < -0.39 is 5.60 Å². The molecule has 20 heavy (non-hydrogen) atoms. The van der Waals surface area contributed by atoms with Crippen LogP contribution in [0.25, 0.3) is 0 Å². The number of thiazole rings is 1. The fourth-order valence-corrected chi connectivity index (χ4v) is 3.21. The Morgan fingerprint density at radius 1 is 1.60 bits per heavy atom. The van der Waals surface area contributed by atoms with Gasteiger partial charge in [-0.25, -0.2) is 9.78 Å². The SMILES string of the molecule is CC(C)(C)OC(=O)[C@H]1CCCN1c1nc(C#N)c(Cl)s1. The Labute approximate surface area is 127 Å². The molecule has 0 saturated carbocycles. The van der Waals surface area contributed by atoms with Gasteiger partial charge in [0.2, 0.25) is 0 Å². The lowest BCUT2D eigenvalue weighted by Gasteiger charge is -2.27. The van der Waals surface area contributed by atoms with E-state index in [1.165, 1.54) is 11.3 Å². The highest BCUT2D eigenvalue weighted by molar-refractivity contribution is 7.19. The van der Waals surface area contributed by atoms with Crippen LogP contribution < -0.4 is 4.90 Å². The number of esters is 1. The van der Waals surface area contributed by atoms with E-state index in [0.717, 1.165) is 19.4 Å². The molecule has 1 aromatic rings. The van der Waals surface area contributed by atoms with Gasteiger partial charge in [-0.3, -0.25) is 0 Å². The van der Waals surface area contributed by atoms with Crippen LogP contribution in [0.3, 0.4) is 0 Å². The molecule has 0 unspecified atom stereocenters. The molecule has 0 spiro atoms. The molecule has 0 radical (unpaired) electrons. The number of anilines is 1. The maximum Gasteiger partial charge on any atom is 0.329 e. The summed E-state index contributed by atoms with van der Waals surface area (Å²) in [6.45, 7) is 6.26. The summed E-state index contributed by atoms with van der Waals surface area (Å²) < 4.78 is 5.79. The number of rotatable bonds is 2. The number of hydrogen-bond acceptors (Lipinski definition) is 6. The van der Waals surface area contributed by atoms with E-state index in [1.54, 1.807) is 0 Å². The van der Waals surface area contributed by atoms with Crippen molar-refractivity contribution in [1.29, 1.82) is 5.26 Å². The van der Waals surface area contributed by atoms with Gasteiger partial charge >= 0.3 is 5.97 Å². The molecule has 7 heteroatoms. The van der Waals surface area contributed by atoms with E-state index >= 15 is 0 Å². The summed E-state index contributed by atoms with van der Waals surface area (Å²) in [5.74, 6) is -0.250. The highest BCUT2D eigenvalue weighted by atomic mass is 35.5. The molecular formula is C13H16ClN3O2S. The van der Waals surface area contributed by atoms with Crippen molar-refractivity contribution in [3.8, 4) is 6.07 Å². The Kier molecular flexibility index (Phi) is 4.21. The molecule has 0 bridgehead atoms. The monoisotopic (exact) mass is 313 g/mol. The first-order valence-corrected chi connectivity index (χ1v) is 7.57. The quantitative estimate of drug-likeness (QED) is 0.785. The van der Waals surface area contributed by atoms with Gasteiger partial charge < -0.3 is 9.64 Å². The summed E-state index contributed by atoms with van der Waals surface area (Å²) in [6.07, 6.45) is 1.62. The van der Waals surface area contributed by atoms with Crippen molar-refractivity contribution in [1.82, 2.24) is 4.98 Å². The molecule has 1 fully saturated rings. The van der Waals surface area contributed by atoms with Crippen molar-refractivity contribution in [3.63, 3.8) is 0 Å². The molecule has 0 aromatic carbocycles. The van der Waals surface area contributed by atoms with Crippen LogP contribution in [-0.2, 0) is 9.53 Å². The minimum atomic E-state index is -0.510. The fraction of sp³-hybridized carbons (Fsp3) is 0.615. The number of ether oxygens (including phenoxy) is 1. The van der Waals surface area contributed by atoms with Crippen LogP contribution in [0.1, 0.15) is 39.3 Å². The first-order valence-electron chi connectivity index (χ1n) is 6.38. The molecule has 0 N–H and O–H groups in total. The van der Waals surface area contributed by atoms with Gasteiger partial charge in [-0.15, -0.1) is 0 Å². The molecular weight excluding hydrogens is 298 g/mol. The molecule has 1 atom stereocenters. The highest BCUT2D eigenvalue weighted by Crippen LogP contribution is 2.34. The van der Waals surface area contributed by atoms with Crippen molar-refractivity contribution in [2.24, 2.45) is 0 Å². The predicted molar refractivity (Wildman–Crippen MR) is 78.1 cm³/mol. The van der Waals surface area contributed by atoms with E-state index in [2.05, 4.69) is 4.98 Å². The maximum absolute atomic E-state index is 12.2. The second-order valence-corrected chi connectivity index (χ2v) is 7.20. The van der Waals surface area contributed by atoms with Crippen LogP contribution in [0, 0.1) is 11.3 Å². The van der Waals surface area contributed by atoms with Crippen LogP contribution in [0.4, 0.5) is 5.13 Å². The maximum atomic E-state index is 12.2. The normalized spacial score (nSPS) is 18.9. The van der Waals surface area contributed by atoms with Gasteiger partial charge in [0.25, 0.3) is 0 Å². The second kappa shape index (κ2) is 5.58.